The van der Waals surface area contributed by atoms with Gasteiger partial charge in [-0.15, -0.1) is 0 Å². The molecule has 2 aliphatic rings. The predicted octanol–water partition coefficient (Wildman–Crippen LogP) is 8.64. The molecular formula is C29H48N4S. The molecule has 0 saturated heterocycles. The maximum atomic E-state index is 5.88. The summed E-state index contributed by atoms with van der Waals surface area (Å²) in [6.45, 7) is 19.4. The molecule has 0 unspecified atom stereocenters. The number of rotatable bonds is 5. The lowest BCUT2D eigenvalue weighted by Gasteiger charge is -2.34. The van der Waals surface area contributed by atoms with Gasteiger partial charge in [0.1, 0.15) is 0 Å². The van der Waals surface area contributed by atoms with Gasteiger partial charge in [0.15, 0.2) is 0 Å². The van der Waals surface area contributed by atoms with Crippen LogP contribution in [-0.2, 0) is 0 Å². The Labute approximate surface area is 214 Å². The van der Waals surface area contributed by atoms with E-state index >= 15 is 0 Å². The number of aliphatic imine (C=N–C) groups is 1. The number of hydrogen-bond donors (Lipinski definition) is 1. The molecule has 0 fully saturated rings. The number of nitrogens with zero attached hydrogens (tertiary/aromatic N) is 3. The summed E-state index contributed by atoms with van der Waals surface area (Å²) in [6, 6.07) is 6.59. The first-order valence-corrected chi connectivity index (χ1v) is 13.6. The lowest BCUT2D eigenvalue weighted by atomic mass is 9.88. The lowest BCUT2D eigenvalue weighted by molar-refractivity contribution is 0.578. The zero-order chi connectivity index (χ0) is 25.7. The van der Waals surface area contributed by atoms with Crippen molar-refractivity contribution in [2.75, 3.05) is 29.3 Å². The summed E-state index contributed by atoms with van der Waals surface area (Å²) in [6.07, 6.45) is 12.9. The van der Waals surface area contributed by atoms with E-state index in [1.807, 2.05) is 12.2 Å². The second-order valence-corrected chi connectivity index (χ2v) is 11.0. The molecule has 1 heterocycles. The Hall–Kier alpha value is -2.14. The highest BCUT2D eigenvalue weighted by molar-refractivity contribution is 8.04. The molecule has 2 N–H and O–H groups in total. The van der Waals surface area contributed by atoms with Crippen LogP contribution in [0.1, 0.15) is 81.1 Å². The topological polar surface area (TPSA) is 44.9 Å². The number of nitrogens with two attached hydrogens (primary N) is 1. The van der Waals surface area contributed by atoms with Crippen molar-refractivity contribution in [1.82, 2.24) is 0 Å². The highest BCUT2D eigenvalue weighted by Crippen LogP contribution is 2.40. The van der Waals surface area contributed by atoms with Gasteiger partial charge < -0.3 is 14.9 Å². The molecule has 1 aliphatic heterocycles. The van der Waals surface area contributed by atoms with Gasteiger partial charge in [-0.05, 0) is 61.7 Å². The number of unbranched alkanes of at least 4 members (excludes halogenated alkanes) is 1. The van der Waals surface area contributed by atoms with E-state index in [1.165, 1.54) is 35.6 Å². The second-order valence-electron chi connectivity index (χ2n) is 9.70. The molecular weight excluding hydrogens is 436 g/mol. The van der Waals surface area contributed by atoms with Crippen LogP contribution in [0.2, 0.25) is 0 Å². The molecule has 1 aliphatic carbocycles. The van der Waals surface area contributed by atoms with Gasteiger partial charge in [0.2, 0.25) is 0 Å². The Kier molecular flexibility index (Phi) is 13.2. The summed E-state index contributed by atoms with van der Waals surface area (Å²) in [4.78, 5) is 8.69. The Morgan fingerprint density at radius 2 is 1.71 bits per heavy atom. The van der Waals surface area contributed by atoms with Gasteiger partial charge in [-0.25, -0.2) is 0 Å². The van der Waals surface area contributed by atoms with Gasteiger partial charge in [0, 0.05) is 41.0 Å². The highest BCUT2D eigenvalue weighted by atomic mass is 32.2. The second kappa shape index (κ2) is 15.0. The van der Waals surface area contributed by atoms with Crippen molar-refractivity contribution < 1.29 is 0 Å². The fraction of sp³-hybridized carbons (Fsp3) is 0.552. The van der Waals surface area contributed by atoms with Gasteiger partial charge in [-0.1, -0.05) is 73.8 Å². The molecule has 0 radical (unpaired) electrons. The van der Waals surface area contributed by atoms with Gasteiger partial charge in [-0.2, -0.15) is 0 Å². The van der Waals surface area contributed by atoms with Crippen molar-refractivity contribution in [2.45, 2.75) is 81.1 Å². The van der Waals surface area contributed by atoms with E-state index in [0.29, 0.717) is 0 Å². The number of allylic oxidation sites excluding steroid dienone is 5. The van der Waals surface area contributed by atoms with Crippen LogP contribution in [0.15, 0.2) is 58.1 Å². The van der Waals surface area contributed by atoms with Crippen LogP contribution >= 0.6 is 11.9 Å². The van der Waals surface area contributed by atoms with Gasteiger partial charge in [0.25, 0.3) is 0 Å². The van der Waals surface area contributed by atoms with Crippen LogP contribution in [0.3, 0.4) is 0 Å². The average molecular weight is 485 g/mol. The molecule has 0 amide bonds. The van der Waals surface area contributed by atoms with Crippen LogP contribution < -0.4 is 14.9 Å². The number of fused-ring (bicyclic) bond motifs is 1. The maximum Gasteiger partial charge on any atom is 0.0884 e. The minimum absolute atomic E-state index is 0.0749. The lowest BCUT2D eigenvalue weighted by Crippen LogP contribution is -2.38. The van der Waals surface area contributed by atoms with Crippen LogP contribution in [0.5, 0.6) is 0 Å². The van der Waals surface area contributed by atoms with Crippen molar-refractivity contribution >= 4 is 34.7 Å². The first-order chi connectivity index (χ1) is 16.1. The molecule has 0 atom stereocenters. The van der Waals surface area contributed by atoms with E-state index in [9.17, 15) is 0 Å². The number of anilines is 2. The molecule has 1 aromatic carbocycles. The fourth-order valence-electron chi connectivity index (χ4n) is 3.12. The molecule has 3 rings (SSSR count). The fourth-order valence-corrected chi connectivity index (χ4v) is 3.99. The quantitative estimate of drug-likeness (QED) is 0.425. The maximum absolute atomic E-state index is 5.88. The van der Waals surface area contributed by atoms with E-state index in [4.69, 9.17) is 10.7 Å². The largest absolute Gasteiger partial charge is 0.399 e. The van der Waals surface area contributed by atoms with Crippen molar-refractivity contribution in [1.29, 1.82) is 0 Å². The molecule has 0 saturated carbocycles. The van der Waals surface area contributed by atoms with Crippen LogP contribution in [0.4, 0.5) is 17.1 Å². The van der Waals surface area contributed by atoms with Crippen molar-refractivity contribution in [2.24, 2.45) is 16.1 Å². The van der Waals surface area contributed by atoms with Crippen molar-refractivity contribution in [3.05, 3.63) is 53.1 Å². The van der Waals surface area contributed by atoms with Gasteiger partial charge >= 0.3 is 0 Å². The molecule has 0 aromatic heterocycles. The van der Waals surface area contributed by atoms with E-state index in [2.05, 4.69) is 102 Å². The Morgan fingerprint density at radius 1 is 1.06 bits per heavy atom. The molecule has 5 heteroatoms. The van der Waals surface area contributed by atoms with Crippen molar-refractivity contribution in [3.63, 3.8) is 0 Å². The average Bonchev–Trinajstić information content (AvgIpc) is 3.01. The number of benzene rings is 1. The first-order valence-electron chi connectivity index (χ1n) is 12.8. The summed E-state index contributed by atoms with van der Waals surface area (Å²) in [5.74, 6) is 0. The summed E-state index contributed by atoms with van der Waals surface area (Å²) in [5, 5.41) is 0. The minimum atomic E-state index is 0.0749. The third-order valence-electron chi connectivity index (χ3n) is 5.35. The molecule has 190 valence electrons. The zero-order valence-electron chi connectivity index (χ0n) is 23.1. The minimum Gasteiger partial charge on any atom is -0.399 e. The molecule has 1 aromatic rings. The monoisotopic (exact) mass is 484 g/mol. The molecule has 0 bridgehead atoms. The summed E-state index contributed by atoms with van der Waals surface area (Å²) in [5.41, 5.74) is 11.4. The van der Waals surface area contributed by atoms with E-state index in [0.717, 1.165) is 36.6 Å². The SMILES string of the molecule is CCC.CCCC.CCN1CC(C(C)(C)C)=Nc2cc(N(C)SC3=CC=C(N)C=CC3)ccc21. The van der Waals surface area contributed by atoms with Crippen molar-refractivity contribution in [3.8, 4) is 0 Å². The predicted molar refractivity (Wildman–Crippen MR) is 158 cm³/mol. The third-order valence-corrected chi connectivity index (χ3v) is 6.37. The smallest absolute Gasteiger partial charge is 0.0884 e. The standard InChI is InChI=1S/C22H30N4S.C4H10.C3H8/c1-6-26-15-21(22(2,3)4)24-19-14-17(11-13-20(19)26)25(5)27-18-9-7-8-16(23)10-12-18;1-3-4-2;1-3-2/h7-8,10-14H,6,9,15,23H2,1-5H3;3-4H2,1-2H3;3H2,1-2H3. The molecule has 4 nitrogen and oxygen atoms in total. The highest BCUT2D eigenvalue weighted by Gasteiger charge is 2.26. The summed E-state index contributed by atoms with van der Waals surface area (Å²) >= 11 is 1.73. The van der Waals surface area contributed by atoms with Crippen LogP contribution in [0.25, 0.3) is 0 Å². The summed E-state index contributed by atoms with van der Waals surface area (Å²) in [7, 11) is 2.10. The molecule has 34 heavy (non-hydrogen) atoms. The van der Waals surface area contributed by atoms with E-state index < -0.39 is 0 Å². The third kappa shape index (κ3) is 9.61. The van der Waals surface area contributed by atoms with Gasteiger partial charge in [0.05, 0.1) is 17.9 Å². The zero-order valence-corrected chi connectivity index (χ0v) is 23.9. The van der Waals surface area contributed by atoms with Crippen LogP contribution in [0, 0.1) is 5.41 Å². The Balaban J connectivity index is 0.000000732. The van der Waals surface area contributed by atoms with Gasteiger partial charge in [-0.3, -0.25) is 4.99 Å². The van der Waals surface area contributed by atoms with E-state index in [1.54, 1.807) is 11.9 Å². The van der Waals surface area contributed by atoms with Crippen LogP contribution in [-0.4, -0.2) is 25.8 Å². The normalized spacial score (nSPS) is 14.9. The summed E-state index contributed by atoms with van der Waals surface area (Å²) < 4.78 is 2.20. The Bertz CT molecular complexity index is 873. The molecule has 0 spiro atoms. The number of hydrogen-bond acceptors (Lipinski definition) is 5. The van der Waals surface area contributed by atoms with E-state index in [-0.39, 0.29) is 5.41 Å². The Morgan fingerprint density at radius 3 is 2.26 bits per heavy atom. The first kappa shape index (κ1) is 29.9.